The standard InChI is InChI=1S/C13H12O4/c14-10-4-6-12(7-5-10)16-9-17-13-3-1-2-11(15)8-13/h1-8,14-15H,9H2. The highest BCUT2D eigenvalue weighted by Gasteiger charge is 1.97. The summed E-state index contributed by atoms with van der Waals surface area (Å²) in [5, 5.41) is 18.3. The van der Waals surface area contributed by atoms with Crippen LogP contribution in [0.15, 0.2) is 48.5 Å². The van der Waals surface area contributed by atoms with Crippen molar-refractivity contribution in [2.75, 3.05) is 6.79 Å². The molecule has 0 bridgehead atoms. The predicted molar refractivity (Wildman–Crippen MR) is 62.3 cm³/mol. The van der Waals surface area contributed by atoms with Gasteiger partial charge in [-0.2, -0.15) is 0 Å². The molecule has 88 valence electrons. The van der Waals surface area contributed by atoms with Crippen LogP contribution in [0.4, 0.5) is 0 Å². The predicted octanol–water partition coefficient (Wildman–Crippen LogP) is 2.51. The van der Waals surface area contributed by atoms with Gasteiger partial charge in [-0.05, 0) is 36.4 Å². The van der Waals surface area contributed by atoms with Crippen LogP contribution in [0.2, 0.25) is 0 Å². The molecule has 2 aromatic rings. The van der Waals surface area contributed by atoms with Crippen molar-refractivity contribution in [2.24, 2.45) is 0 Å². The lowest BCUT2D eigenvalue weighted by Crippen LogP contribution is -2.05. The molecule has 2 aromatic carbocycles. The zero-order valence-electron chi connectivity index (χ0n) is 9.04. The maximum Gasteiger partial charge on any atom is 0.230 e. The Morgan fingerprint density at radius 3 is 2.18 bits per heavy atom. The van der Waals surface area contributed by atoms with Gasteiger partial charge in [-0.3, -0.25) is 0 Å². The molecule has 0 saturated carbocycles. The normalized spacial score (nSPS) is 9.88. The lowest BCUT2D eigenvalue weighted by atomic mass is 10.3. The zero-order chi connectivity index (χ0) is 12.1. The molecule has 2 rings (SSSR count). The summed E-state index contributed by atoms with van der Waals surface area (Å²) in [6.45, 7) is 0.0359. The monoisotopic (exact) mass is 232 g/mol. The molecule has 0 fully saturated rings. The number of ether oxygens (including phenoxy) is 2. The Bertz CT molecular complexity index is 479. The molecule has 0 atom stereocenters. The zero-order valence-corrected chi connectivity index (χ0v) is 9.04. The van der Waals surface area contributed by atoms with Crippen LogP contribution in [0.3, 0.4) is 0 Å². The van der Waals surface area contributed by atoms with Crippen molar-refractivity contribution < 1.29 is 19.7 Å². The first-order valence-corrected chi connectivity index (χ1v) is 5.08. The summed E-state index contributed by atoms with van der Waals surface area (Å²) in [6, 6.07) is 12.8. The minimum absolute atomic E-state index is 0.0359. The molecule has 0 aliphatic rings. The van der Waals surface area contributed by atoms with Crippen LogP contribution in [0, 0.1) is 0 Å². The number of benzene rings is 2. The van der Waals surface area contributed by atoms with Gasteiger partial charge in [0.15, 0.2) is 0 Å². The van der Waals surface area contributed by atoms with Gasteiger partial charge in [0.25, 0.3) is 0 Å². The first-order chi connectivity index (χ1) is 8.24. The van der Waals surface area contributed by atoms with Crippen LogP contribution >= 0.6 is 0 Å². The molecule has 4 nitrogen and oxygen atoms in total. The Balaban J connectivity index is 1.85. The average Bonchev–Trinajstić information content (AvgIpc) is 2.32. The summed E-state index contributed by atoms with van der Waals surface area (Å²) in [4.78, 5) is 0. The first-order valence-electron chi connectivity index (χ1n) is 5.08. The van der Waals surface area contributed by atoms with Gasteiger partial charge in [-0.25, -0.2) is 0 Å². The Morgan fingerprint density at radius 1 is 0.765 bits per heavy atom. The van der Waals surface area contributed by atoms with Gasteiger partial charge >= 0.3 is 0 Å². The number of phenolic OH excluding ortho intramolecular Hbond substituents is 2. The van der Waals surface area contributed by atoms with Crippen molar-refractivity contribution in [1.29, 1.82) is 0 Å². The van der Waals surface area contributed by atoms with Crippen molar-refractivity contribution in [2.45, 2.75) is 0 Å². The van der Waals surface area contributed by atoms with Crippen LogP contribution in [0.25, 0.3) is 0 Å². The van der Waals surface area contributed by atoms with E-state index in [1.807, 2.05) is 0 Å². The Hall–Kier alpha value is -2.36. The van der Waals surface area contributed by atoms with Gasteiger partial charge in [0.1, 0.15) is 23.0 Å². The maximum atomic E-state index is 9.21. The van der Waals surface area contributed by atoms with E-state index in [1.54, 1.807) is 30.3 Å². The molecule has 17 heavy (non-hydrogen) atoms. The molecule has 0 aliphatic carbocycles. The van der Waals surface area contributed by atoms with E-state index in [0.717, 1.165) is 0 Å². The molecule has 0 radical (unpaired) electrons. The van der Waals surface area contributed by atoms with Crippen LogP contribution in [-0.2, 0) is 0 Å². The maximum absolute atomic E-state index is 9.21. The summed E-state index contributed by atoms with van der Waals surface area (Å²) < 4.78 is 10.6. The van der Waals surface area contributed by atoms with Gasteiger partial charge in [-0.15, -0.1) is 0 Å². The van der Waals surface area contributed by atoms with Crippen LogP contribution in [-0.4, -0.2) is 17.0 Å². The first kappa shape index (κ1) is 11.1. The molecule has 0 saturated heterocycles. The highest BCUT2D eigenvalue weighted by atomic mass is 16.7. The second-order valence-corrected chi connectivity index (χ2v) is 3.40. The molecule has 0 heterocycles. The fourth-order valence-corrected chi connectivity index (χ4v) is 1.28. The number of aromatic hydroxyl groups is 2. The van der Waals surface area contributed by atoms with Crippen molar-refractivity contribution in [3.8, 4) is 23.0 Å². The minimum atomic E-state index is 0.0359. The highest BCUT2D eigenvalue weighted by Crippen LogP contribution is 2.19. The molecule has 0 aliphatic heterocycles. The molecule has 0 spiro atoms. The van der Waals surface area contributed by atoms with Crippen molar-refractivity contribution in [1.82, 2.24) is 0 Å². The summed E-state index contributed by atoms with van der Waals surface area (Å²) in [7, 11) is 0. The third-order valence-electron chi connectivity index (χ3n) is 2.11. The van der Waals surface area contributed by atoms with E-state index >= 15 is 0 Å². The lowest BCUT2D eigenvalue weighted by Gasteiger charge is -2.08. The smallest absolute Gasteiger partial charge is 0.230 e. The van der Waals surface area contributed by atoms with E-state index in [1.165, 1.54) is 18.2 Å². The van der Waals surface area contributed by atoms with Gasteiger partial charge in [-0.1, -0.05) is 6.07 Å². The number of rotatable bonds is 4. The van der Waals surface area contributed by atoms with Gasteiger partial charge in [0.2, 0.25) is 6.79 Å². The summed E-state index contributed by atoms with van der Waals surface area (Å²) in [5.41, 5.74) is 0. The van der Waals surface area contributed by atoms with Crippen molar-refractivity contribution in [3.63, 3.8) is 0 Å². The lowest BCUT2D eigenvalue weighted by molar-refractivity contribution is 0.119. The fraction of sp³-hybridized carbons (Fsp3) is 0.0769. The summed E-state index contributed by atoms with van der Waals surface area (Å²) in [6.07, 6.45) is 0. The molecular formula is C13H12O4. The molecule has 2 N–H and O–H groups in total. The number of hydrogen-bond donors (Lipinski definition) is 2. The van der Waals surface area contributed by atoms with E-state index in [9.17, 15) is 5.11 Å². The van der Waals surface area contributed by atoms with E-state index < -0.39 is 0 Å². The van der Waals surface area contributed by atoms with E-state index in [0.29, 0.717) is 11.5 Å². The minimum Gasteiger partial charge on any atom is -0.508 e. The second kappa shape index (κ2) is 5.12. The number of phenols is 2. The van der Waals surface area contributed by atoms with Crippen LogP contribution in [0.1, 0.15) is 0 Å². The van der Waals surface area contributed by atoms with E-state index in [4.69, 9.17) is 14.6 Å². The average molecular weight is 232 g/mol. The Labute approximate surface area is 98.7 Å². The van der Waals surface area contributed by atoms with E-state index in [-0.39, 0.29) is 18.3 Å². The summed E-state index contributed by atoms with van der Waals surface area (Å²) in [5.74, 6) is 1.46. The third-order valence-corrected chi connectivity index (χ3v) is 2.11. The second-order valence-electron chi connectivity index (χ2n) is 3.40. The Morgan fingerprint density at radius 2 is 1.47 bits per heavy atom. The molecule has 4 heteroatoms. The van der Waals surface area contributed by atoms with Crippen molar-refractivity contribution >= 4 is 0 Å². The van der Waals surface area contributed by atoms with Gasteiger partial charge < -0.3 is 19.7 Å². The summed E-state index contributed by atoms with van der Waals surface area (Å²) >= 11 is 0. The van der Waals surface area contributed by atoms with Crippen LogP contribution in [0.5, 0.6) is 23.0 Å². The SMILES string of the molecule is Oc1ccc(OCOc2cccc(O)c2)cc1. The quantitative estimate of drug-likeness (QED) is 0.795. The number of hydrogen-bond acceptors (Lipinski definition) is 4. The Kier molecular flexibility index (Phi) is 3.35. The van der Waals surface area contributed by atoms with Gasteiger partial charge in [0, 0.05) is 6.07 Å². The third kappa shape index (κ3) is 3.31. The molecule has 0 unspecified atom stereocenters. The van der Waals surface area contributed by atoms with E-state index in [2.05, 4.69) is 0 Å². The fourth-order valence-electron chi connectivity index (χ4n) is 1.28. The molecular weight excluding hydrogens is 220 g/mol. The largest absolute Gasteiger partial charge is 0.508 e. The highest BCUT2D eigenvalue weighted by molar-refractivity contribution is 5.32. The van der Waals surface area contributed by atoms with Crippen LogP contribution < -0.4 is 9.47 Å². The molecule has 0 amide bonds. The van der Waals surface area contributed by atoms with Crippen molar-refractivity contribution in [3.05, 3.63) is 48.5 Å². The molecule has 0 aromatic heterocycles. The topological polar surface area (TPSA) is 58.9 Å². The van der Waals surface area contributed by atoms with Gasteiger partial charge in [0.05, 0.1) is 0 Å².